The lowest BCUT2D eigenvalue weighted by Crippen LogP contribution is -2.42. The summed E-state index contributed by atoms with van der Waals surface area (Å²) < 4.78 is 31.5. The number of esters is 1. The van der Waals surface area contributed by atoms with Gasteiger partial charge in [0, 0.05) is 18.1 Å². The Hall–Kier alpha value is -1.11. The molecule has 21 heavy (non-hydrogen) atoms. The van der Waals surface area contributed by atoms with Gasteiger partial charge in [-0.15, -0.1) is 0 Å². The summed E-state index contributed by atoms with van der Waals surface area (Å²) in [6.45, 7) is 2.61. The van der Waals surface area contributed by atoms with Crippen molar-refractivity contribution in [2.24, 2.45) is 5.92 Å². The van der Waals surface area contributed by atoms with Crippen LogP contribution < -0.4 is 0 Å². The van der Waals surface area contributed by atoms with Crippen LogP contribution in [0.5, 0.6) is 0 Å². The molecule has 1 aliphatic rings. The molecule has 1 heterocycles. The fourth-order valence-corrected chi connectivity index (χ4v) is 4.21. The third-order valence-corrected chi connectivity index (χ3v) is 5.53. The lowest BCUT2D eigenvalue weighted by molar-refractivity contribution is -0.149. The van der Waals surface area contributed by atoms with Crippen molar-refractivity contribution in [1.82, 2.24) is 4.31 Å². The molecule has 0 aromatic heterocycles. The second kappa shape index (κ2) is 6.77. The second-order valence-electron chi connectivity index (χ2n) is 4.91. The SMILES string of the molecule is CCOC(=O)[C@@H]1CCCN(S(=O)(=O)c2cccc(Cl)c2)C1. The van der Waals surface area contributed by atoms with Crippen LogP contribution in [-0.2, 0) is 19.6 Å². The standard InChI is InChI=1S/C14H18ClNO4S/c1-2-20-14(17)11-5-4-8-16(10-11)21(18,19)13-7-3-6-12(15)9-13/h3,6-7,9,11H,2,4-5,8,10H2,1H3/t11-/m1/s1. The van der Waals surface area contributed by atoms with Crippen molar-refractivity contribution >= 4 is 27.6 Å². The molecule has 0 N–H and O–H groups in total. The highest BCUT2D eigenvalue weighted by atomic mass is 35.5. The molecular weight excluding hydrogens is 314 g/mol. The number of sulfonamides is 1. The molecule has 1 saturated heterocycles. The van der Waals surface area contributed by atoms with Crippen molar-refractivity contribution in [3.05, 3.63) is 29.3 Å². The quantitative estimate of drug-likeness (QED) is 0.794. The summed E-state index contributed by atoms with van der Waals surface area (Å²) in [6.07, 6.45) is 1.30. The fourth-order valence-electron chi connectivity index (χ4n) is 2.39. The third-order valence-electron chi connectivity index (χ3n) is 3.44. The van der Waals surface area contributed by atoms with Crippen LogP contribution in [0.15, 0.2) is 29.2 Å². The molecule has 0 aliphatic carbocycles. The number of piperidine rings is 1. The monoisotopic (exact) mass is 331 g/mol. The van der Waals surface area contributed by atoms with E-state index in [1.807, 2.05) is 0 Å². The predicted molar refractivity (Wildman–Crippen MR) is 79.6 cm³/mol. The van der Waals surface area contributed by atoms with Gasteiger partial charge in [0.1, 0.15) is 0 Å². The molecule has 1 aliphatic heterocycles. The highest BCUT2D eigenvalue weighted by Crippen LogP contribution is 2.25. The Kier molecular flexibility index (Phi) is 5.24. The van der Waals surface area contributed by atoms with Gasteiger partial charge in [0.2, 0.25) is 10.0 Å². The number of benzene rings is 1. The number of ether oxygens (including phenoxy) is 1. The molecule has 0 saturated carbocycles. The van der Waals surface area contributed by atoms with E-state index in [4.69, 9.17) is 16.3 Å². The summed E-state index contributed by atoms with van der Waals surface area (Å²) in [4.78, 5) is 11.9. The van der Waals surface area contributed by atoms with Crippen LogP contribution in [-0.4, -0.2) is 38.4 Å². The van der Waals surface area contributed by atoms with Crippen molar-refractivity contribution in [2.75, 3.05) is 19.7 Å². The van der Waals surface area contributed by atoms with E-state index in [1.165, 1.54) is 16.4 Å². The lowest BCUT2D eigenvalue weighted by Gasteiger charge is -2.30. The molecule has 1 aromatic carbocycles. The van der Waals surface area contributed by atoms with Crippen LogP contribution in [0.2, 0.25) is 5.02 Å². The van der Waals surface area contributed by atoms with Gasteiger partial charge in [-0.25, -0.2) is 8.42 Å². The molecule has 1 fully saturated rings. The van der Waals surface area contributed by atoms with Gasteiger partial charge in [-0.1, -0.05) is 17.7 Å². The molecule has 2 rings (SSSR count). The predicted octanol–water partition coefficient (Wildman–Crippen LogP) is 2.30. The summed E-state index contributed by atoms with van der Waals surface area (Å²) in [5.74, 6) is -0.726. The number of hydrogen-bond donors (Lipinski definition) is 0. The molecule has 0 spiro atoms. The van der Waals surface area contributed by atoms with Gasteiger partial charge in [-0.3, -0.25) is 4.79 Å². The first-order chi connectivity index (χ1) is 9.95. The van der Waals surface area contributed by atoms with E-state index in [0.717, 1.165) is 0 Å². The van der Waals surface area contributed by atoms with Crippen molar-refractivity contribution in [3.8, 4) is 0 Å². The Morgan fingerprint density at radius 1 is 1.48 bits per heavy atom. The molecule has 7 heteroatoms. The molecule has 1 atom stereocenters. The molecule has 0 amide bonds. The zero-order chi connectivity index (χ0) is 15.5. The summed E-state index contributed by atoms with van der Waals surface area (Å²) >= 11 is 5.85. The number of rotatable bonds is 4. The summed E-state index contributed by atoms with van der Waals surface area (Å²) in [6, 6.07) is 6.15. The van der Waals surface area contributed by atoms with Crippen molar-refractivity contribution in [1.29, 1.82) is 0 Å². The van der Waals surface area contributed by atoms with Gasteiger partial charge in [0.05, 0.1) is 17.4 Å². The summed E-state index contributed by atoms with van der Waals surface area (Å²) in [7, 11) is -3.62. The fraction of sp³-hybridized carbons (Fsp3) is 0.500. The van der Waals surface area contributed by atoms with Gasteiger partial charge in [0.15, 0.2) is 0 Å². The van der Waals surface area contributed by atoms with Crippen LogP contribution in [0.25, 0.3) is 0 Å². The minimum atomic E-state index is -3.62. The first-order valence-electron chi connectivity index (χ1n) is 6.87. The Morgan fingerprint density at radius 3 is 2.90 bits per heavy atom. The molecule has 116 valence electrons. The number of hydrogen-bond acceptors (Lipinski definition) is 4. The number of carbonyl (C=O) groups excluding carboxylic acids is 1. The third kappa shape index (κ3) is 3.75. The second-order valence-corrected chi connectivity index (χ2v) is 7.29. The summed E-state index contributed by atoms with van der Waals surface area (Å²) in [5, 5.41) is 0.370. The first-order valence-corrected chi connectivity index (χ1v) is 8.69. The van der Waals surface area contributed by atoms with Crippen LogP contribution >= 0.6 is 11.6 Å². The largest absolute Gasteiger partial charge is 0.466 e. The summed E-state index contributed by atoms with van der Waals surface area (Å²) in [5.41, 5.74) is 0. The van der Waals surface area contributed by atoms with E-state index in [0.29, 0.717) is 31.0 Å². The highest BCUT2D eigenvalue weighted by Gasteiger charge is 2.33. The normalized spacial score (nSPS) is 20.2. The van der Waals surface area contributed by atoms with Gasteiger partial charge >= 0.3 is 5.97 Å². The number of nitrogens with zero attached hydrogens (tertiary/aromatic N) is 1. The van der Waals surface area contributed by atoms with Gasteiger partial charge in [-0.2, -0.15) is 4.31 Å². The van der Waals surface area contributed by atoms with E-state index in [2.05, 4.69) is 0 Å². The average Bonchev–Trinajstić information content (AvgIpc) is 2.47. The number of carbonyl (C=O) groups is 1. The molecular formula is C14H18ClNO4S. The zero-order valence-electron chi connectivity index (χ0n) is 11.8. The van der Waals surface area contributed by atoms with E-state index in [-0.39, 0.29) is 17.4 Å². The van der Waals surface area contributed by atoms with Crippen LogP contribution in [0, 0.1) is 5.92 Å². The maximum atomic E-state index is 12.6. The topological polar surface area (TPSA) is 63.7 Å². The van der Waals surface area contributed by atoms with Crippen LogP contribution in [0.3, 0.4) is 0 Å². The molecule has 0 bridgehead atoms. The smallest absolute Gasteiger partial charge is 0.310 e. The van der Waals surface area contributed by atoms with Crippen LogP contribution in [0.1, 0.15) is 19.8 Å². The minimum Gasteiger partial charge on any atom is -0.466 e. The Balaban J connectivity index is 2.18. The van der Waals surface area contributed by atoms with Crippen molar-refractivity contribution in [2.45, 2.75) is 24.7 Å². The Morgan fingerprint density at radius 2 is 2.24 bits per heavy atom. The highest BCUT2D eigenvalue weighted by molar-refractivity contribution is 7.89. The van der Waals surface area contributed by atoms with E-state index in [9.17, 15) is 13.2 Å². The lowest BCUT2D eigenvalue weighted by atomic mass is 10.0. The first kappa shape index (κ1) is 16.3. The van der Waals surface area contributed by atoms with Crippen molar-refractivity contribution in [3.63, 3.8) is 0 Å². The average molecular weight is 332 g/mol. The maximum absolute atomic E-state index is 12.6. The number of halogens is 1. The molecule has 1 aromatic rings. The molecule has 0 radical (unpaired) electrons. The van der Waals surface area contributed by atoms with E-state index < -0.39 is 15.9 Å². The van der Waals surface area contributed by atoms with E-state index >= 15 is 0 Å². The van der Waals surface area contributed by atoms with E-state index in [1.54, 1.807) is 19.1 Å². The van der Waals surface area contributed by atoms with Crippen LogP contribution in [0.4, 0.5) is 0 Å². The van der Waals surface area contributed by atoms with Gasteiger partial charge in [0.25, 0.3) is 0 Å². The Labute approximate surface area is 129 Å². The van der Waals surface area contributed by atoms with Gasteiger partial charge < -0.3 is 4.74 Å². The molecule has 0 unspecified atom stereocenters. The van der Waals surface area contributed by atoms with Crippen molar-refractivity contribution < 1.29 is 17.9 Å². The maximum Gasteiger partial charge on any atom is 0.310 e. The van der Waals surface area contributed by atoms with Gasteiger partial charge in [-0.05, 0) is 38.0 Å². The zero-order valence-corrected chi connectivity index (χ0v) is 13.4. The molecule has 5 nitrogen and oxygen atoms in total. The minimum absolute atomic E-state index is 0.152. The Bertz CT molecular complexity index is 617.